The standard InChI is InChI=1S/C14H18ClFN2O3/c1-4-21-14(20)18-12(8(2)3)13(19)17-9-5-6-11(16)10(15)7-9/h5-8,12H,4H2,1-3H3,(H,17,19)(H,18,20). The number of carbonyl (C=O) groups is 2. The van der Waals surface area contributed by atoms with Crippen molar-refractivity contribution in [3.63, 3.8) is 0 Å². The van der Waals surface area contributed by atoms with E-state index in [9.17, 15) is 14.0 Å². The van der Waals surface area contributed by atoms with Crippen LogP contribution in [0.4, 0.5) is 14.9 Å². The Morgan fingerprint density at radius 1 is 1.38 bits per heavy atom. The highest BCUT2D eigenvalue weighted by atomic mass is 35.5. The monoisotopic (exact) mass is 316 g/mol. The second-order valence-electron chi connectivity index (χ2n) is 4.70. The first kappa shape index (κ1) is 17.2. The minimum Gasteiger partial charge on any atom is -0.450 e. The molecule has 0 aliphatic heterocycles. The predicted molar refractivity (Wildman–Crippen MR) is 78.8 cm³/mol. The first-order chi connectivity index (χ1) is 9.85. The molecule has 116 valence electrons. The third-order valence-corrected chi connectivity index (χ3v) is 2.97. The molecule has 2 N–H and O–H groups in total. The maximum absolute atomic E-state index is 13.1. The van der Waals surface area contributed by atoms with Crippen LogP contribution in [0.15, 0.2) is 18.2 Å². The van der Waals surface area contributed by atoms with E-state index < -0.39 is 23.9 Å². The van der Waals surface area contributed by atoms with E-state index >= 15 is 0 Å². The highest BCUT2D eigenvalue weighted by molar-refractivity contribution is 6.31. The molecule has 0 fully saturated rings. The normalized spacial score (nSPS) is 11.9. The van der Waals surface area contributed by atoms with Gasteiger partial charge in [-0.2, -0.15) is 0 Å². The van der Waals surface area contributed by atoms with Crippen LogP contribution in [0.5, 0.6) is 0 Å². The lowest BCUT2D eigenvalue weighted by Gasteiger charge is -2.21. The van der Waals surface area contributed by atoms with Crippen LogP contribution in [0.2, 0.25) is 5.02 Å². The average Bonchev–Trinajstić information content (AvgIpc) is 2.40. The quantitative estimate of drug-likeness (QED) is 0.876. The minimum atomic E-state index is -0.770. The fraction of sp³-hybridized carbons (Fsp3) is 0.429. The van der Waals surface area contributed by atoms with Crippen LogP contribution in [0.3, 0.4) is 0 Å². The lowest BCUT2D eigenvalue weighted by Crippen LogP contribution is -2.47. The van der Waals surface area contributed by atoms with Crippen molar-refractivity contribution in [3.05, 3.63) is 29.0 Å². The van der Waals surface area contributed by atoms with Gasteiger partial charge in [0.1, 0.15) is 11.9 Å². The fourth-order valence-electron chi connectivity index (χ4n) is 1.63. The highest BCUT2D eigenvalue weighted by Crippen LogP contribution is 2.19. The van der Waals surface area contributed by atoms with Gasteiger partial charge in [0.05, 0.1) is 11.6 Å². The molecule has 0 heterocycles. The van der Waals surface area contributed by atoms with E-state index in [0.717, 1.165) is 6.07 Å². The van der Waals surface area contributed by atoms with Crippen molar-refractivity contribution in [2.75, 3.05) is 11.9 Å². The lowest BCUT2D eigenvalue weighted by atomic mass is 10.0. The Hall–Kier alpha value is -1.82. The number of benzene rings is 1. The van der Waals surface area contributed by atoms with Gasteiger partial charge in [-0.3, -0.25) is 4.79 Å². The summed E-state index contributed by atoms with van der Waals surface area (Å²) in [5.74, 6) is -1.15. The van der Waals surface area contributed by atoms with Crippen molar-refractivity contribution in [1.29, 1.82) is 0 Å². The number of amides is 2. The van der Waals surface area contributed by atoms with Gasteiger partial charge in [-0.05, 0) is 31.0 Å². The molecule has 1 aromatic carbocycles. The molecule has 1 unspecified atom stereocenters. The largest absolute Gasteiger partial charge is 0.450 e. The average molecular weight is 317 g/mol. The van der Waals surface area contributed by atoms with Gasteiger partial charge >= 0.3 is 6.09 Å². The van der Waals surface area contributed by atoms with Crippen LogP contribution in [-0.2, 0) is 9.53 Å². The fourth-order valence-corrected chi connectivity index (χ4v) is 1.81. The summed E-state index contributed by atoms with van der Waals surface area (Å²) in [6.45, 7) is 5.46. The zero-order valence-electron chi connectivity index (χ0n) is 12.1. The molecule has 5 nitrogen and oxygen atoms in total. The topological polar surface area (TPSA) is 67.4 Å². The summed E-state index contributed by atoms with van der Waals surface area (Å²) in [7, 11) is 0. The molecule has 0 aliphatic carbocycles. The molecule has 0 spiro atoms. The maximum atomic E-state index is 13.1. The summed E-state index contributed by atoms with van der Waals surface area (Å²) in [5.41, 5.74) is 0.350. The highest BCUT2D eigenvalue weighted by Gasteiger charge is 2.24. The van der Waals surface area contributed by atoms with E-state index in [0.29, 0.717) is 5.69 Å². The molecule has 1 aromatic rings. The molecular weight excluding hydrogens is 299 g/mol. The summed E-state index contributed by atoms with van der Waals surface area (Å²) < 4.78 is 17.8. The SMILES string of the molecule is CCOC(=O)NC(C(=O)Nc1ccc(F)c(Cl)c1)C(C)C. The van der Waals surface area contributed by atoms with E-state index in [1.165, 1.54) is 12.1 Å². The first-order valence-corrected chi connectivity index (χ1v) is 6.92. The predicted octanol–water partition coefficient (Wildman–Crippen LogP) is 3.19. The number of carbonyl (C=O) groups excluding carboxylic acids is 2. The van der Waals surface area contributed by atoms with Crippen LogP contribution in [-0.4, -0.2) is 24.6 Å². The molecule has 2 amide bonds. The van der Waals surface area contributed by atoms with Crippen molar-refractivity contribution in [2.24, 2.45) is 5.92 Å². The summed E-state index contributed by atoms with van der Waals surface area (Å²) in [6, 6.07) is 3.08. The number of hydrogen-bond acceptors (Lipinski definition) is 3. The van der Waals surface area contributed by atoms with Gasteiger partial charge in [-0.25, -0.2) is 9.18 Å². The van der Waals surface area contributed by atoms with Gasteiger partial charge in [-0.1, -0.05) is 25.4 Å². The van der Waals surface area contributed by atoms with Gasteiger partial charge in [0, 0.05) is 5.69 Å². The number of hydrogen-bond donors (Lipinski definition) is 2. The summed E-state index contributed by atoms with van der Waals surface area (Å²) in [5, 5.41) is 4.97. The van der Waals surface area contributed by atoms with E-state index in [1.54, 1.807) is 20.8 Å². The van der Waals surface area contributed by atoms with Crippen LogP contribution in [0, 0.1) is 11.7 Å². The number of ether oxygens (including phenoxy) is 1. The van der Waals surface area contributed by atoms with Crippen LogP contribution < -0.4 is 10.6 Å². The Morgan fingerprint density at radius 2 is 2.05 bits per heavy atom. The minimum absolute atomic E-state index is 0.0905. The smallest absolute Gasteiger partial charge is 0.407 e. The summed E-state index contributed by atoms with van der Waals surface area (Å²) >= 11 is 5.65. The lowest BCUT2D eigenvalue weighted by molar-refractivity contribution is -0.119. The third-order valence-electron chi connectivity index (χ3n) is 2.69. The maximum Gasteiger partial charge on any atom is 0.407 e. The van der Waals surface area contributed by atoms with Gasteiger partial charge in [0.2, 0.25) is 5.91 Å². The Morgan fingerprint density at radius 3 is 2.57 bits per heavy atom. The second kappa shape index (κ2) is 7.83. The molecule has 0 radical (unpaired) electrons. The number of nitrogens with one attached hydrogen (secondary N) is 2. The van der Waals surface area contributed by atoms with Crippen LogP contribution >= 0.6 is 11.6 Å². The van der Waals surface area contributed by atoms with E-state index in [2.05, 4.69) is 10.6 Å². The van der Waals surface area contributed by atoms with Crippen molar-refractivity contribution in [2.45, 2.75) is 26.8 Å². The van der Waals surface area contributed by atoms with Gasteiger partial charge in [0.25, 0.3) is 0 Å². The number of rotatable bonds is 5. The summed E-state index contributed by atoms with van der Waals surface area (Å²) in [6.07, 6.45) is -0.663. The Bertz CT molecular complexity index is 523. The Labute approximate surface area is 127 Å². The van der Waals surface area contributed by atoms with Crippen molar-refractivity contribution in [3.8, 4) is 0 Å². The van der Waals surface area contributed by atoms with Gasteiger partial charge < -0.3 is 15.4 Å². The van der Waals surface area contributed by atoms with Crippen molar-refractivity contribution < 1.29 is 18.7 Å². The molecule has 7 heteroatoms. The number of halogens is 2. The van der Waals surface area contributed by atoms with E-state index in [4.69, 9.17) is 16.3 Å². The zero-order valence-corrected chi connectivity index (χ0v) is 12.8. The van der Waals surface area contributed by atoms with Crippen molar-refractivity contribution in [1.82, 2.24) is 5.32 Å². The molecule has 0 saturated carbocycles. The molecule has 0 saturated heterocycles. The molecular formula is C14H18ClFN2O3. The first-order valence-electron chi connectivity index (χ1n) is 6.54. The molecule has 21 heavy (non-hydrogen) atoms. The molecule has 1 atom stereocenters. The second-order valence-corrected chi connectivity index (χ2v) is 5.11. The number of alkyl carbamates (subject to hydrolysis) is 1. The Kier molecular flexibility index (Phi) is 6.42. The molecule has 1 rings (SSSR count). The van der Waals surface area contributed by atoms with E-state index in [1.807, 2.05) is 0 Å². The molecule has 0 bridgehead atoms. The Balaban J connectivity index is 2.76. The van der Waals surface area contributed by atoms with Gasteiger partial charge in [0.15, 0.2) is 0 Å². The number of anilines is 1. The van der Waals surface area contributed by atoms with Crippen LogP contribution in [0.25, 0.3) is 0 Å². The van der Waals surface area contributed by atoms with Crippen LogP contribution in [0.1, 0.15) is 20.8 Å². The molecule has 0 aromatic heterocycles. The summed E-state index contributed by atoms with van der Waals surface area (Å²) in [4.78, 5) is 23.6. The third kappa shape index (κ3) is 5.23. The van der Waals surface area contributed by atoms with E-state index in [-0.39, 0.29) is 17.5 Å². The molecule has 0 aliphatic rings. The zero-order chi connectivity index (χ0) is 16.0. The van der Waals surface area contributed by atoms with Gasteiger partial charge in [-0.15, -0.1) is 0 Å². The van der Waals surface area contributed by atoms with Crippen molar-refractivity contribution >= 4 is 29.3 Å².